The largest absolute Gasteiger partial charge is 0.456 e. The number of benzene rings is 1. The smallest absolute Gasteiger partial charge is 0.264 e. The van der Waals surface area contributed by atoms with Gasteiger partial charge in [0.05, 0.1) is 27.6 Å². The fourth-order valence-corrected chi connectivity index (χ4v) is 4.83. The first kappa shape index (κ1) is 22.0. The Labute approximate surface area is 199 Å². The van der Waals surface area contributed by atoms with E-state index in [-0.39, 0.29) is 18.2 Å². The molecule has 1 aromatic carbocycles. The summed E-state index contributed by atoms with van der Waals surface area (Å²) in [6.07, 6.45) is 3.64. The number of amides is 2. The third kappa shape index (κ3) is 4.90. The van der Waals surface area contributed by atoms with Crippen molar-refractivity contribution in [2.45, 2.75) is 18.9 Å². The summed E-state index contributed by atoms with van der Waals surface area (Å²) < 4.78 is 6.86. The Morgan fingerprint density at radius 1 is 1.12 bits per heavy atom. The lowest BCUT2D eigenvalue weighted by molar-refractivity contribution is -0.115. The standard InChI is InChI=1S/C25H22N4O4S/c30-17-9-12-29(15-17)25(32)21-14-19-24(34-21)20(8-11-26-19)33-18-6-4-16(5-7-18)13-23(31)28-22-3-1-2-10-27-22/h1-8,10-11,14,17,30H,9,12-13,15H2,(H,27,28,31)/t17-/m1/s1. The normalized spacial score (nSPS) is 15.4. The minimum absolute atomic E-state index is 0.0983. The number of β-amino-alcohol motifs (C(OH)–C–C–N with tert-alkyl or cyclic N) is 1. The van der Waals surface area contributed by atoms with Crippen molar-refractivity contribution in [1.29, 1.82) is 0 Å². The molecular formula is C25H22N4O4S. The molecular weight excluding hydrogens is 452 g/mol. The quantitative estimate of drug-likeness (QED) is 0.440. The Kier molecular flexibility index (Phi) is 6.20. The average Bonchev–Trinajstić information content (AvgIpc) is 3.47. The SMILES string of the molecule is O=C(Cc1ccc(Oc2ccnc3cc(C(=O)N4CC[C@@H](O)C4)sc23)cc1)Nc1ccccn1. The van der Waals surface area contributed by atoms with E-state index in [2.05, 4.69) is 15.3 Å². The van der Waals surface area contributed by atoms with Gasteiger partial charge in [-0.2, -0.15) is 0 Å². The minimum atomic E-state index is -0.459. The predicted molar refractivity (Wildman–Crippen MR) is 129 cm³/mol. The highest BCUT2D eigenvalue weighted by Gasteiger charge is 2.27. The zero-order valence-corrected chi connectivity index (χ0v) is 19.0. The number of aliphatic hydroxyl groups is 1. The number of nitrogens with zero attached hydrogens (tertiary/aromatic N) is 3. The summed E-state index contributed by atoms with van der Waals surface area (Å²) in [6.45, 7) is 0.910. The maximum Gasteiger partial charge on any atom is 0.264 e. The molecule has 1 saturated heterocycles. The summed E-state index contributed by atoms with van der Waals surface area (Å²) in [5, 5.41) is 12.5. The molecule has 1 aliphatic heterocycles. The summed E-state index contributed by atoms with van der Waals surface area (Å²) in [5.74, 6) is 1.49. The molecule has 2 N–H and O–H groups in total. The molecule has 4 aromatic rings. The summed E-state index contributed by atoms with van der Waals surface area (Å²) in [5.41, 5.74) is 1.53. The molecule has 0 radical (unpaired) electrons. The molecule has 2 amide bonds. The third-order valence-corrected chi connectivity index (χ3v) is 6.61. The summed E-state index contributed by atoms with van der Waals surface area (Å²) in [4.78, 5) is 35.7. The molecule has 9 heteroatoms. The molecule has 1 atom stereocenters. The number of ether oxygens (including phenoxy) is 1. The molecule has 172 valence electrons. The molecule has 5 rings (SSSR count). The second kappa shape index (κ2) is 9.58. The van der Waals surface area contributed by atoms with Crippen LogP contribution in [0.1, 0.15) is 21.7 Å². The van der Waals surface area contributed by atoms with E-state index in [1.807, 2.05) is 18.2 Å². The van der Waals surface area contributed by atoms with Crippen LogP contribution in [0.15, 0.2) is 67.0 Å². The van der Waals surface area contributed by atoms with Gasteiger partial charge in [-0.05, 0) is 42.3 Å². The Bertz CT molecular complexity index is 1320. The topological polar surface area (TPSA) is 105 Å². The van der Waals surface area contributed by atoms with Crippen LogP contribution >= 0.6 is 11.3 Å². The number of anilines is 1. The highest BCUT2D eigenvalue weighted by molar-refractivity contribution is 7.21. The fraction of sp³-hybridized carbons (Fsp3) is 0.200. The molecule has 0 unspecified atom stereocenters. The number of carbonyl (C=O) groups is 2. The van der Waals surface area contributed by atoms with Crippen LogP contribution in [0.4, 0.5) is 5.82 Å². The lowest BCUT2D eigenvalue weighted by Crippen LogP contribution is -2.28. The number of rotatable bonds is 6. The van der Waals surface area contributed by atoms with Crippen LogP contribution in [0.2, 0.25) is 0 Å². The van der Waals surface area contributed by atoms with E-state index in [1.54, 1.807) is 53.7 Å². The van der Waals surface area contributed by atoms with Gasteiger partial charge in [0.1, 0.15) is 17.3 Å². The Hall–Kier alpha value is -3.82. The van der Waals surface area contributed by atoms with E-state index in [4.69, 9.17) is 4.74 Å². The van der Waals surface area contributed by atoms with Crippen LogP contribution < -0.4 is 10.1 Å². The first-order valence-corrected chi connectivity index (χ1v) is 11.7. The van der Waals surface area contributed by atoms with Gasteiger partial charge in [0.2, 0.25) is 5.91 Å². The molecule has 4 heterocycles. The predicted octanol–water partition coefficient (Wildman–Crippen LogP) is 3.87. The second-order valence-corrected chi connectivity index (χ2v) is 9.07. The van der Waals surface area contributed by atoms with Gasteiger partial charge in [-0.3, -0.25) is 14.6 Å². The van der Waals surface area contributed by atoms with Crippen molar-refractivity contribution < 1.29 is 19.4 Å². The lowest BCUT2D eigenvalue weighted by Gasteiger charge is -2.13. The second-order valence-electron chi connectivity index (χ2n) is 8.01. The van der Waals surface area contributed by atoms with E-state index >= 15 is 0 Å². The van der Waals surface area contributed by atoms with Crippen LogP contribution in [0.5, 0.6) is 11.5 Å². The van der Waals surface area contributed by atoms with Gasteiger partial charge in [0.15, 0.2) is 0 Å². The van der Waals surface area contributed by atoms with Gasteiger partial charge < -0.3 is 20.1 Å². The molecule has 8 nitrogen and oxygen atoms in total. The number of thiophene rings is 1. The summed E-state index contributed by atoms with van der Waals surface area (Å²) in [6, 6.07) is 16.2. The van der Waals surface area contributed by atoms with E-state index < -0.39 is 6.10 Å². The van der Waals surface area contributed by atoms with E-state index in [0.29, 0.717) is 47.2 Å². The number of pyridine rings is 2. The van der Waals surface area contributed by atoms with Gasteiger partial charge in [-0.1, -0.05) is 18.2 Å². The van der Waals surface area contributed by atoms with E-state index in [1.165, 1.54) is 11.3 Å². The summed E-state index contributed by atoms with van der Waals surface area (Å²) >= 11 is 1.33. The first-order valence-electron chi connectivity index (χ1n) is 10.9. The first-order chi connectivity index (χ1) is 16.5. The molecule has 0 spiro atoms. The number of aromatic nitrogens is 2. The fourth-order valence-electron chi connectivity index (χ4n) is 3.79. The number of likely N-dealkylation sites (tertiary alicyclic amines) is 1. The molecule has 0 bridgehead atoms. The molecule has 1 aliphatic rings. The number of nitrogens with one attached hydrogen (secondary N) is 1. The maximum atomic E-state index is 12.8. The molecule has 0 saturated carbocycles. The third-order valence-electron chi connectivity index (χ3n) is 5.49. The minimum Gasteiger partial charge on any atom is -0.456 e. The van der Waals surface area contributed by atoms with Crippen molar-refractivity contribution in [1.82, 2.24) is 14.9 Å². The number of fused-ring (bicyclic) bond motifs is 1. The van der Waals surface area contributed by atoms with Gasteiger partial charge in [0, 0.05) is 31.5 Å². The lowest BCUT2D eigenvalue weighted by atomic mass is 10.1. The van der Waals surface area contributed by atoms with Crippen molar-refractivity contribution >= 4 is 39.2 Å². The highest BCUT2D eigenvalue weighted by Crippen LogP contribution is 2.35. The van der Waals surface area contributed by atoms with Gasteiger partial charge in [-0.15, -0.1) is 11.3 Å². The van der Waals surface area contributed by atoms with E-state index in [9.17, 15) is 14.7 Å². The van der Waals surface area contributed by atoms with Crippen LogP contribution in [-0.4, -0.2) is 51.0 Å². The monoisotopic (exact) mass is 474 g/mol. The molecule has 0 aliphatic carbocycles. The zero-order valence-electron chi connectivity index (χ0n) is 18.2. The maximum absolute atomic E-state index is 12.8. The van der Waals surface area contributed by atoms with Crippen molar-refractivity contribution in [3.63, 3.8) is 0 Å². The van der Waals surface area contributed by atoms with Crippen molar-refractivity contribution in [3.05, 3.63) is 77.4 Å². The Morgan fingerprint density at radius 2 is 1.97 bits per heavy atom. The van der Waals surface area contributed by atoms with Crippen molar-refractivity contribution in [3.8, 4) is 11.5 Å². The number of aliphatic hydroxyl groups excluding tert-OH is 1. The van der Waals surface area contributed by atoms with E-state index in [0.717, 1.165) is 10.3 Å². The Morgan fingerprint density at radius 3 is 2.71 bits per heavy atom. The number of hydrogen-bond donors (Lipinski definition) is 2. The summed E-state index contributed by atoms with van der Waals surface area (Å²) in [7, 11) is 0. The Balaban J connectivity index is 1.27. The van der Waals surface area contributed by atoms with Crippen LogP contribution in [0, 0.1) is 0 Å². The number of hydrogen-bond acceptors (Lipinski definition) is 7. The highest BCUT2D eigenvalue weighted by atomic mass is 32.1. The van der Waals surface area contributed by atoms with Crippen molar-refractivity contribution in [2.24, 2.45) is 0 Å². The van der Waals surface area contributed by atoms with Crippen LogP contribution in [0.3, 0.4) is 0 Å². The molecule has 3 aromatic heterocycles. The van der Waals surface area contributed by atoms with Crippen molar-refractivity contribution in [2.75, 3.05) is 18.4 Å². The van der Waals surface area contributed by atoms with Gasteiger partial charge in [-0.25, -0.2) is 4.98 Å². The average molecular weight is 475 g/mol. The number of carbonyl (C=O) groups excluding carboxylic acids is 2. The van der Waals surface area contributed by atoms with Crippen LogP contribution in [-0.2, 0) is 11.2 Å². The van der Waals surface area contributed by atoms with Gasteiger partial charge in [0.25, 0.3) is 5.91 Å². The molecule has 1 fully saturated rings. The van der Waals surface area contributed by atoms with Gasteiger partial charge >= 0.3 is 0 Å². The molecule has 34 heavy (non-hydrogen) atoms. The van der Waals surface area contributed by atoms with Crippen LogP contribution in [0.25, 0.3) is 10.2 Å². The zero-order chi connectivity index (χ0) is 23.5.